The Labute approximate surface area is 127 Å². The quantitative estimate of drug-likeness (QED) is 0.486. The maximum Gasteiger partial charge on any atom is 0.293 e. The number of hydrogen-bond acceptors (Lipinski definition) is 5. The van der Waals surface area contributed by atoms with Gasteiger partial charge < -0.3 is 10.4 Å². The van der Waals surface area contributed by atoms with Crippen LogP contribution in [0, 0.1) is 10.1 Å². The molecule has 2 aromatic rings. The minimum atomic E-state index is -0.547. The first-order valence-electron chi connectivity index (χ1n) is 6.74. The van der Waals surface area contributed by atoms with Gasteiger partial charge in [-0.3, -0.25) is 14.9 Å². The van der Waals surface area contributed by atoms with E-state index in [1.54, 1.807) is 0 Å². The minimum absolute atomic E-state index is 0.193. The van der Waals surface area contributed by atoms with Crippen LogP contribution in [0.15, 0.2) is 48.5 Å². The van der Waals surface area contributed by atoms with Crippen molar-refractivity contribution in [2.45, 2.75) is 13.0 Å². The lowest BCUT2D eigenvalue weighted by Gasteiger charge is -2.18. The van der Waals surface area contributed by atoms with Gasteiger partial charge in [0.1, 0.15) is 5.69 Å². The smallest absolute Gasteiger partial charge is 0.293 e. The van der Waals surface area contributed by atoms with Crippen LogP contribution in [-0.2, 0) is 0 Å². The molecule has 0 saturated heterocycles. The molecule has 22 heavy (non-hydrogen) atoms. The van der Waals surface area contributed by atoms with Crippen molar-refractivity contribution in [3.8, 4) is 0 Å². The van der Waals surface area contributed by atoms with Gasteiger partial charge in [-0.05, 0) is 24.6 Å². The van der Waals surface area contributed by atoms with Crippen molar-refractivity contribution in [1.29, 1.82) is 0 Å². The molecule has 0 aliphatic heterocycles. The summed E-state index contributed by atoms with van der Waals surface area (Å²) in [4.78, 5) is 22.0. The summed E-state index contributed by atoms with van der Waals surface area (Å²) in [6.45, 7) is 1.14. The van der Waals surface area contributed by atoms with E-state index in [1.165, 1.54) is 25.1 Å². The zero-order chi connectivity index (χ0) is 16.1. The van der Waals surface area contributed by atoms with Gasteiger partial charge in [-0.1, -0.05) is 30.3 Å². The summed E-state index contributed by atoms with van der Waals surface area (Å²) < 4.78 is 0. The number of Topliss-reactive ketones (excluding diaryl/α,β-unsaturated/α-hetero) is 1. The Bertz CT molecular complexity index is 686. The number of nitro groups is 1. The van der Waals surface area contributed by atoms with Crippen molar-refractivity contribution in [3.05, 3.63) is 69.8 Å². The van der Waals surface area contributed by atoms with E-state index in [1.807, 2.05) is 30.3 Å². The Kier molecular flexibility index (Phi) is 4.85. The number of nitrogens with zero attached hydrogens (tertiary/aromatic N) is 1. The SMILES string of the molecule is CC(=O)c1ccc(N[C@@H](CO)c2ccccc2)c([N+](=O)[O-])c1. The first-order chi connectivity index (χ1) is 10.5. The standard InChI is InChI=1S/C16H16N2O4/c1-11(20)13-7-8-14(16(9-13)18(21)22)17-15(10-19)12-5-3-2-4-6-12/h2-9,15,17,19H,10H2,1H3/t15-/m0/s1. The zero-order valence-corrected chi connectivity index (χ0v) is 12.0. The van der Waals surface area contributed by atoms with Crippen LogP contribution in [0.5, 0.6) is 0 Å². The molecule has 0 radical (unpaired) electrons. The number of ketones is 1. The lowest BCUT2D eigenvalue weighted by Crippen LogP contribution is -2.15. The van der Waals surface area contributed by atoms with Crippen LogP contribution in [0.25, 0.3) is 0 Å². The molecule has 0 heterocycles. The zero-order valence-electron chi connectivity index (χ0n) is 12.0. The van der Waals surface area contributed by atoms with Crippen LogP contribution in [0.2, 0.25) is 0 Å². The number of anilines is 1. The predicted octanol–water partition coefficient (Wildman–Crippen LogP) is 2.94. The molecule has 2 N–H and O–H groups in total. The van der Waals surface area contributed by atoms with E-state index in [0.717, 1.165) is 5.56 Å². The molecule has 0 amide bonds. The van der Waals surface area contributed by atoms with E-state index >= 15 is 0 Å². The number of benzene rings is 2. The molecule has 0 aromatic heterocycles. The van der Waals surface area contributed by atoms with Gasteiger partial charge in [0, 0.05) is 11.6 Å². The van der Waals surface area contributed by atoms with Gasteiger partial charge in [0.2, 0.25) is 0 Å². The van der Waals surface area contributed by atoms with E-state index in [2.05, 4.69) is 5.32 Å². The van der Waals surface area contributed by atoms with Gasteiger partial charge in [-0.15, -0.1) is 0 Å². The fourth-order valence-electron chi connectivity index (χ4n) is 2.13. The predicted molar refractivity (Wildman–Crippen MR) is 83.0 cm³/mol. The van der Waals surface area contributed by atoms with Crippen molar-refractivity contribution in [1.82, 2.24) is 0 Å². The molecule has 0 aliphatic carbocycles. The molecule has 0 unspecified atom stereocenters. The first-order valence-corrected chi connectivity index (χ1v) is 6.74. The van der Waals surface area contributed by atoms with E-state index in [-0.39, 0.29) is 29.3 Å². The average molecular weight is 300 g/mol. The highest BCUT2D eigenvalue weighted by Gasteiger charge is 2.19. The normalized spacial score (nSPS) is 11.7. The molecule has 0 saturated carbocycles. The number of carbonyl (C=O) groups is 1. The highest BCUT2D eigenvalue weighted by molar-refractivity contribution is 5.95. The molecule has 0 bridgehead atoms. The summed E-state index contributed by atoms with van der Waals surface area (Å²) in [5.41, 5.74) is 1.16. The second kappa shape index (κ2) is 6.82. The summed E-state index contributed by atoms with van der Waals surface area (Å²) in [5.74, 6) is -0.239. The topological polar surface area (TPSA) is 92.5 Å². The highest BCUT2D eigenvalue weighted by Crippen LogP contribution is 2.29. The van der Waals surface area contributed by atoms with Crippen molar-refractivity contribution in [3.63, 3.8) is 0 Å². The molecular weight excluding hydrogens is 284 g/mol. The third kappa shape index (κ3) is 3.48. The van der Waals surface area contributed by atoms with Gasteiger partial charge in [0.15, 0.2) is 5.78 Å². The van der Waals surface area contributed by atoms with E-state index in [0.29, 0.717) is 0 Å². The molecular formula is C16H16N2O4. The Morgan fingerprint density at radius 3 is 2.50 bits per heavy atom. The van der Waals surface area contributed by atoms with Crippen LogP contribution in [0.3, 0.4) is 0 Å². The Balaban J connectivity index is 2.35. The number of rotatable bonds is 6. The highest BCUT2D eigenvalue weighted by atomic mass is 16.6. The van der Waals surface area contributed by atoms with Crippen LogP contribution >= 0.6 is 0 Å². The van der Waals surface area contributed by atoms with Gasteiger partial charge >= 0.3 is 0 Å². The number of carbonyl (C=O) groups excluding carboxylic acids is 1. The van der Waals surface area contributed by atoms with Crippen LogP contribution in [0.4, 0.5) is 11.4 Å². The van der Waals surface area contributed by atoms with Crippen LogP contribution < -0.4 is 5.32 Å². The van der Waals surface area contributed by atoms with Crippen molar-refractivity contribution < 1.29 is 14.8 Å². The van der Waals surface area contributed by atoms with E-state index in [4.69, 9.17) is 0 Å². The van der Waals surface area contributed by atoms with Gasteiger partial charge in [0.05, 0.1) is 17.6 Å². The summed E-state index contributed by atoms with van der Waals surface area (Å²) >= 11 is 0. The van der Waals surface area contributed by atoms with Crippen molar-refractivity contribution >= 4 is 17.2 Å². The molecule has 1 atom stereocenters. The average Bonchev–Trinajstić information content (AvgIpc) is 2.53. The van der Waals surface area contributed by atoms with Gasteiger partial charge in [0.25, 0.3) is 5.69 Å². The van der Waals surface area contributed by atoms with Crippen molar-refractivity contribution in [2.24, 2.45) is 0 Å². The van der Waals surface area contributed by atoms with Crippen LogP contribution in [0.1, 0.15) is 28.9 Å². The molecule has 0 aliphatic rings. The maximum absolute atomic E-state index is 11.3. The molecule has 114 valence electrons. The first kappa shape index (κ1) is 15.7. The lowest BCUT2D eigenvalue weighted by atomic mass is 10.1. The summed E-state index contributed by atoms with van der Waals surface area (Å²) in [6, 6.07) is 12.9. The Morgan fingerprint density at radius 2 is 1.95 bits per heavy atom. The Hall–Kier alpha value is -2.73. The summed E-state index contributed by atoms with van der Waals surface area (Å²) in [5, 5.41) is 23.7. The molecule has 2 rings (SSSR count). The Morgan fingerprint density at radius 1 is 1.27 bits per heavy atom. The molecule has 6 heteroatoms. The third-order valence-corrected chi connectivity index (χ3v) is 3.32. The number of nitro benzene ring substituents is 1. The van der Waals surface area contributed by atoms with Gasteiger partial charge in [-0.25, -0.2) is 0 Å². The fourth-order valence-corrected chi connectivity index (χ4v) is 2.13. The fraction of sp³-hybridized carbons (Fsp3) is 0.188. The molecule has 0 spiro atoms. The number of hydrogen-bond donors (Lipinski definition) is 2. The number of aliphatic hydroxyl groups is 1. The van der Waals surface area contributed by atoms with Crippen molar-refractivity contribution in [2.75, 3.05) is 11.9 Å². The monoisotopic (exact) mass is 300 g/mol. The number of aliphatic hydroxyl groups excluding tert-OH is 1. The van der Waals surface area contributed by atoms with E-state index < -0.39 is 11.0 Å². The van der Waals surface area contributed by atoms with Crippen LogP contribution in [-0.4, -0.2) is 22.4 Å². The van der Waals surface area contributed by atoms with Gasteiger partial charge in [-0.2, -0.15) is 0 Å². The maximum atomic E-state index is 11.3. The second-order valence-electron chi connectivity index (χ2n) is 4.84. The molecule has 2 aromatic carbocycles. The third-order valence-electron chi connectivity index (χ3n) is 3.32. The molecule has 0 fully saturated rings. The number of nitrogens with one attached hydrogen (secondary N) is 1. The minimum Gasteiger partial charge on any atom is -0.394 e. The molecule has 6 nitrogen and oxygen atoms in total. The lowest BCUT2D eigenvalue weighted by molar-refractivity contribution is -0.384. The van der Waals surface area contributed by atoms with E-state index in [9.17, 15) is 20.0 Å². The summed E-state index contributed by atoms with van der Waals surface area (Å²) in [6.07, 6.45) is 0. The second-order valence-corrected chi connectivity index (χ2v) is 4.84. The largest absolute Gasteiger partial charge is 0.394 e. The summed E-state index contributed by atoms with van der Waals surface area (Å²) in [7, 11) is 0.